The molecule has 0 N–H and O–H groups in total. The Balaban J connectivity index is 2.93. The van der Waals surface area contributed by atoms with E-state index in [4.69, 9.17) is 11.6 Å². The van der Waals surface area contributed by atoms with Gasteiger partial charge in [-0.25, -0.2) is 13.8 Å². The summed E-state index contributed by atoms with van der Waals surface area (Å²) in [6.45, 7) is 3.70. The van der Waals surface area contributed by atoms with Gasteiger partial charge in [0.1, 0.15) is 11.3 Å². The summed E-state index contributed by atoms with van der Waals surface area (Å²) in [5.41, 5.74) is 1.64. The molecule has 4 heteroatoms. The van der Waals surface area contributed by atoms with Crippen LogP contribution in [0.1, 0.15) is 18.2 Å². The average Bonchev–Trinajstić information content (AvgIpc) is 2.21. The number of halogens is 3. The first-order valence-corrected chi connectivity index (χ1v) is 5.36. The minimum absolute atomic E-state index is 0.126. The highest BCUT2D eigenvalue weighted by Gasteiger charge is 2.13. The average molecular weight is 242 g/mol. The fourth-order valence-corrected chi connectivity index (χ4v) is 2.23. The van der Waals surface area contributed by atoms with Crippen molar-refractivity contribution in [1.82, 2.24) is 4.98 Å². The molecule has 1 aromatic carbocycles. The summed E-state index contributed by atoms with van der Waals surface area (Å²) in [5, 5.41) is 0.727. The zero-order valence-corrected chi connectivity index (χ0v) is 9.70. The molecule has 0 aliphatic heterocycles. The first kappa shape index (κ1) is 11.3. The number of hydrogen-bond donors (Lipinski definition) is 0. The van der Waals surface area contributed by atoms with E-state index in [9.17, 15) is 8.78 Å². The van der Waals surface area contributed by atoms with Gasteiger partial charge >= 0.3 is 0 Å². The summed E-state index contributed by atoms with van der Waals surface area (Å²) in [4.78, 5) is 4.12. The maximum absolute atomic E-state index is 13.5. The van der Waals surface area contributed by atoms with Gasteiger partial charge in [0.15, 0.2) is 5.82 Å². The Hall–Kier alpha value is -1.22. The molecule has 0 aliphatic carbocycles. The standard InChI is InChI=1S/C12H10ClF2N/c1-3-8-6(2)16-12-9(11(8)13)4-7(14)5-10(12)15/h4-5H,3H2,1-2H3. The second kappa shape index (κ2) is 3.98. The van der Waals surface area contributed by atoms with Gasteiger partial charge < -0.3 is 0 Å². The SMILES string of the molecule is CCc1c(C)nc2c(F)cc(F)cc2c1Cl. The molecular weight excluding hydrogens is 232 g/mol. The van der Waals surface area contributed by atoms with Gasteiger partial charge in [0.2, 0.25) is 0 Å². The third kappa shape index (κ3) is 1.65. The molecule has 0 atom stereocenters. The van der Waals surface area contributed by atoms with Gasteiger partial charge in [-0.15, -0.1) is 0 Å². The molecule has 84 valence electrons. The molecule has 1 nitrogen and oxygen atoms in total. The minimum Gasteiger partial charge on any atom is -0.250 e. The number of benzene rings is 1. The summed E-state index contributed by atoms with van der Waals surface area (Å²) < 4.78 is 26.6. The van der Waals surface area contributed by atoms with Crippen LogP contribution in [0, 0.1) is 18.6 Å². The zero-order valence-electron chi connectivity index (χ0n) is 8.94. The van der Waals surface area contributed by atoms with E-state index < -0.39 is 11.6 Å². The third-order valence-corrected chi connectivity index (χ3v) is 3.03. The van der Waals surface area contributed by atoms with Gasteiger partial charge in [-0.05, 0) is 25.0 Å². The van der Waals surface area contributed by atoms with Crippen molar-refractivity contribution in [3.63, 3.8) is 0 Å². The highest BCUT2D eigenvalue weighted by atomic mass is 35.5. The van der Waals surface area contributed by atoms with Gasteiger partial charge in [0, 0.05) is 17.1 Å². The van der Waals surface area contributed by atoms with Crippen molar-refractivity contribution in [2.75, 3.05) is 0 Å². The van der Waals surface area contributed by atoms with E-state index in [2.05, 4.69) is 4.98 Å². The molecule has 0 radical (unpaired) electrons. The Morgan fingerprint density at radius 1 is 1.31 bits per heavy atom. The van der Waals surface area contributed by atoms with Crippen LogP contribution in [0.5, 0.6) is 0 Å². The van der Waals surface area contributed by atoms with Crippen LogP contribution in [0.4, 0.5) is 8.78 Å². The molecular formula is C12H10ClF2N. The molecule has 0 aliphatic rings. The third-order valence-electron chi connectivity index (χ3n) is 2.60. The van der Waals surface area contributed by atoms with Gasteiger partial charge in [-0.1, -0.05) is 18.5 Å². The largest absolute Gasteiger partial charge is 0.250 e. The minimum atomic E-state index is -0.678. The highest BCUT2D eigenvalue weighted by molar-refractivity contribution is 6.36. The van der Waals surface area contributed by atoms with Crippen molar-refractivity contribution in [1.29, 1.82) is 0 Å². The molecule has 0 spiro atoms. The molecule has 0 unspecified atom stereocenters. The normalized spacial score (nSPS) is 11.1. The second-order valence-corrected chi connectivity index (χ2v) is 4.01. The van der Waals surface area contributed by atoms with Gasteiger partial charge in [0.25, 0.3) is 0 Å². The number of nitrogens with zero attached hydrogens (tertiary/aromatic N) is 1. The van der Waals surface area contributed by atoms with Gasteiger partial charge in [-0.3, -0.25) is 0 Å². The zero-order chi connectivity index (χ0) is 11.9. The lowest BCUT2D eigenvalue weighted by molar-refractivity contribution is 0.590. The van der Waals surface area contributed by atoms with Crippen molar-refractivity contribution in [3.8, 4) is 0 Å². The fraction of sp³-hybridized carbons (Fsp3) is 0.250. The van der Waals surface area contributed by atoms with E-state index >= 15 is 0 Å². The Morgan fingerprint density at radius 2 is 2.00 bits per heavy atom. The molecule has 2 rings (SSSR count). The maximum atomic E-state index is 13.5. The molecule has 0 amide bonds. The topological polar surface area (TPSA) is 12.9 Å². The highest BCUT2D eigenvalue weighted by Crippen LogP contribution is 2.30. The summed E-state index contributed by atoms with van der Waals surface area (Å²) in [6.07, 6.45) is 0.686. The molecule has 2 aromatic rings. The first-order chi connectivity index (χ1) is 7.54. The lowest BCUT2D eigenvalue weighted by atomic mass is 10.1. The van der Waals surface area contributed by atoms with Crippen molar-refractivity contribution >= 4 is 22.5 Å². The van der Waals surface area contributed by atoms with Gasteiger partial charge in [0.05, 0.1) is 5.02 Å². The van der Waals surface area contributed by atoms with E-state index in [-0.39, 0.29) is 5.52 Å². The summed E-state index contributed by atoms with van der Waals surface area (Å²) in [5.74, 6) is -1.32. The Morgan fingerprint density at radius 3 is 2.62 bits per heavy atom. The number of aromatic nitrogens is 1. The van der Waals surface area contributed by atoms with Crippen molar-refractivity contribution in [2.45, 2.75) is 20.3 Å². The van der Waals surface area contributed by atoms with E-state index in [0.717, 1.165) is 11.6 Å². The lowest BCUT2D eigenvalue weighted by Crippen LogP contribution is -1.97. The predicted octanol–water partition coefficient (Wildman–Crippen LogP) is 4.04. The summed E-state index contributed by atoms with van der Waals surface area (Å²) >= 11 is 6.12. The van der Waals surface area contributed by atoms with Crippen LogP contribution < -0.4 is 0 Å². The van der Waals surface area contributed by atoms with Crippen LogP contribution in [0.25, 0.3) is 10.9 Å². The lowest BCUT2D eigenvalue weighted by Gasteiger charge is -2.09. The van der Waals surface area contributed by atoms with Crippen LogP contribution in [-0.4, -0.2) is 4.98 Å². The van der Waals surface area contributed by atoms with E-state index in [0.29, 0.717) is 22.5 Å². The van der Waals surface area contributed by atoms with Crippen molar-refractivity contribution in [2.24, 2.45) is 0 Å². The fourth-order valence-electron chi connectivity index (χ4n) is 1.81. The first-order valence-electron chi connectivity index (χ1n) is 4.98. The number of pyridine rings is 1. The molecule has 16 heavy (non-hydrogen) atoms. The predicted molar refractivity (Wildman–Crippen MR) is 60.8 cm³/mol. The van der Waals surface area contributed by atoms with E-state index in [1.54, 1.807) is 6.92 Å². The number of aryl methyl sites for hydroxylation is 1. The molecule has 1 aromatic heterocycles. The van der Waals surface area contributed by atoms with Crippen LogP contribution in [0.15, 0.2) is 12.1 Å². The van der Waals surface area contributed by atoms with Crippen LogP contribution in [0.2, 0.25) is 5.02 Å². The molecule has 0 bridgehead atoms. The monoisotopic (exact) mass is 241 g/mol. The smallest absolute Gasteiger partial charge is 0.152 e. The molecule has 0 saturated carbocycles. The van der Waals surface area contributed by atoms with Crippen molar-refractivity contribution < 1.29 is 8.78 Å². The molecule has 1 heterocycles. The second-order valence-electron chi connectivity index (χ2n) is 3.63. The van der Waals surface area contributed by atoms with Crippen molar-refractivity contribution in [3.05, 3.63) is 40.0 Å². The van der Waals surface area contributed by atoms with E-state index in [1.807, 2.05) is 6.92 Å². The number of rotatable bonds is 1. The van der Waals surface area contributed by atoms with Crippen LogP contribution in [-0.2, 0) is 6.42 Å². The molecule has 0 saturated heterocycles. The van der Waals surface area contributed by atoms with Gasteiger partial charge in [-0.2, -0.15) is 0 Å². The van der Waals surface area contributed by atoms with Crippen LogP contribution >= 0.6 is 11.6 Å². The number of hydrogen-bond acceptors (Lipinski definition) is 1. The number of fused-ring (bicyclic) bond motifs is 1. The van der Waals surface area contributed by atoms with E-state index in [1.165, 1.54) is 6.07 Å². The quantitative estimate of drug-likeness (QED) is 0.734. The summed E-state index contributed by atoms with van der Waals surface area (Å²) in [7, 11) is 0. The van der Waals surface area contributed by atoms with Crippen LogP contribution in [0.3, 0.4) is 0 Å². The maximum Gasteiger partial charge on any atom is 0.152 e. The molecule has 0 fully saturated rings. The Kier molecular flexibility index (Phi) is 2.80. The summed E-state index contributed by atoms with van der Waals surface area (Å²) in [6, 6.07) is 2.03. The Labute approximate surface area is 97.1 Å². The Bertz CT molecular complexity index is 567.